The minimum absolute atomic E-state index is 0.0500. The van der Waals surface area contributed by atoms with Crippen LogP contribution in [0.4, 0.5) is 26.6 Å². The van der Waals surface area contributed by atoms with E-state index in [0.29, 0.717) is 56.5 Å². The first-order valence-electron chi connectivity index (χ1n) is 24.4. The van der Waals surface area contributed by atoms with Crippen LogP contribution in [0.15, 0.2) is 70.7 Å². The van der Waals surface area contributed by atoms with Gasteiger partial charge in [-0.05, 0) is 110 Å². The van der Waals surface area contributed by atoms with E-state index in [1.807, 2.05) is 80.9 Å². The first-order chi connectivity index (χ1) is 34.1. The number of carbonyl (C=O) groups is 3. The second kappa shape index (κ2) is 21.7. The fourth-order valence-corrected chi connectivity index (χ4v) is 10.3. The van der Waals surface area contributed by atoms with Crippen molar-refractivity contribution < 1.29 is 49.8 Å². The quantitative estimate of drug-likeness (QED) is 0.103. The highest BCUT2D eigenvalue weighted by atomic mass is 32.2. The molecule has 7 rings (SSSR count). The summed E-state index contributed by atoms with van der Waals surface area (Å²) in [5.74, 6) is -1.85. The van der Waals surface area contributed by atoms with Gasteiger partial charge in [-0.3, -0.25) is 9.59 Å². The second-order valence-electron chi connectivity index (χ2n) is 22.8. The maximum Gasteiger partial charge on any atom is 0.410 e. The largest absolute Gasteiger partial charge is 0.444 e. The summed E-state index contributed by atoms with van der Waals surface area (Å²) in [4.78, 5) is 59.0. The van der Waals surface area contributed by atoms with Crippen molar-refractivity contribution in [1.82, 2.24) is 34.3 Å². The average molecular weight is 1070 g/mol. The van der Waals surface area contributed by atoms with Crippen molar-refractivity contribution in [3.63, 3.8) is 0 Å². The zero-order chi connectivity index (χ0) is 54.8. The Morgan fingerprint density at radius 2 is 1.51 bits per heavy atom. The predicted molar refractivity (Wildman–Crippen MR) is 278 cm³/mol. The van der Waals surface area contributed by atoms with E-state index in [1.54, 1.807) is 35.2 Å². The Hall–Kier alpha value is -6.04. The molecule has 74 heavy (non-hydrogen) atoms. The lowest BCUT2D eigenvalue weighted by Gasteiger charge is -2.34. The van der Waals surface area contributed by atoms with Gasteiger partial charge in [-0.2, -0.15) is 21.2 Å². The molecule has 3 aliphatic heterocycles. The van der Waals surface area contributed by atoms with Crippen LogP contribution in [0.2, 0.25) is 0 Å². The Kier molecular flexibility index (Phi) is 16.8. The van der Waals surface area contributed by atoms with Gasteiger partial charge in [-0.25, -0.2) is 34.2 Å². The van der Waals surface area contributed by atoms with E-state index in [0.717, 1.165) is 12.1 Å². The Morgan fingerprint density at radius 3 is 2.18 bits per heavy atom. The highest BCUT2D eigenvalue weighted by molar-refractivity contribution is 7.90. The van der Waals surface area contributed by atoms with Gasteiger partial charge < -0.3 is 34.6 Å². The molecular formula is C51H71FN10O10S2. The maximum atomic E-state index is 14.5. The topological polar surface area (TPSA) is 253 Å². The lowest BCUT2D eigenvalue weighted by Crippen LogP contribution is -2.45. The maximum absolute atomic E-state index is 14.5. The van der Waals surface area contributed by atoms with Crippen molar-refractivity contribution in [1.29, 1.82) is 0 Å². The number of fused-ring (bicyclic) bond motifs is 6. The van der Waals surface area contributed by atoms with Crippen LogP contribution in [0.3, 0.4) is 0 Å². The fraction of sp³-hybridized carbons (Fsp3) is 0.549. The highest BCUT2D eigenvalue weighted by Gasteiger charge is 2.44. The number of likely N-dealkylation sites (tertiary alicyclic amines) is 1. The first kappa shape index (κ1) is 57.2. The van der Waals surface area contributed by atoms with Gasteiger partial charge in [0, 0.05) is 52.9 Å². The second-order valence-corrected chi connectivity index (χ2v) is 26.0. The zero-order valence-corrected chi connectivity index (χ0v) is 46.2. The molecule has 0 aliphatic carbocycles. The number of anilines is 3. The van der Waals surface area contributed by atoms with E-state index in [1.165, 1.54) is 30.3 Å². The Bertz CT molecular complexity index is 2950. The number of ether oxygens (including phenoxy) is 3. The third-order valence-corrected chi connectivity index (χ3v) is 14.7. The number of rotatable bonds is 8. The molecule has 0 aromatic carbocycles. The standard InChI is InChI=1S/C28H40FN5O6S.C23H31N5O4S/c1-26(2,3)20-13-12-19(23(29)31-20)24(35)33-41(37,38)22-11-9-10-21(32-22)30-14-15-39-18-16-28(7,8)34(17-18)25(36)40-27(4,5)6;1-22(2,3)17-10-9-16-20(25-17)28-14-15(13-23(28,4)5)32-12-11-24-18-7-6-8-19(26-18)33(30,31)27-21(16)29/h9-13,18H,14-17H2,1-8H3,(H,30,32)(H,33,35);6-10,15H,11-14H2,1-5H3,(H,24,26)(H,27,29). The molecule has 20 nitrogen and oxygen atoms in total. The minimum Gasteiger partial charge on any atom is -0.444 e. The molecule has 23 heteroatoms. The van der Waals surface area contributed by atoms with Crippen LogP contribution in [0.1, 0.15) is 135 Å². The molecule has 404 valence electrons. The van der Waals surface area contributed by atoms with E-state index in [-0.39, 0.29) is 52.3 Å². The number of hydrogen-bond donors (Lipinski definition) is 4. The summed E-state index contributed by atoms with van der Waals surface area (Å²) >= 11 is 0. The molecule has 2 unspecified atom stereocenters. The van der Waals surface area contributed by atoms with Gasteiger partial charge in [0.2, 0.25) is 5.95 Å². The fourth-order valence-electron chi connectivity index (χ4n) is 8.46. The monoisotopic (exact) mass is 1070 g/mol. The number of sulfonamides is 2. The van der Waals surface area contributed by atoms with Crippen LogP contribution in [-0.2, 0) is 45.1 Å². The van der Waals surface area contributed by atoms with Gasteiger partial charge in [0.1, 0.15) is 23.1 Å². The van der Waals surface area contributed by atoms with Gasteiger partial charge in [0.25, 0.3) is 31.9 Å². The third-order valence-electron chi connectivity index (χ3n) is 12.3. The number of halogens is 1. The van der Waals surface area contributed by atoms with Crippen molar-refractivity contribution in [3.8, 4) is 0 Å². The molecule has 3 aliphatic rings. The summed E-state index contributed by atoms with van der Waals surface area (Å²) in [6, 6.07) is 15.0. The van der Waals surface area contributed by atoms with E-state index in [9.17, 15) is 35.6 Å². The van der Waals surface area contributed by atoms with Gasteiger partial charge in [-0.1, -0.05) is 53.7 Å². The van der Waals surface area contributed by atoms with Crippen molar-refractivity contribution in [2.75, 3.05) is 54.9 Å². The number of nitrogens with zero attached hydrogens (tertiary/aromatic N) is 6. The van der Waals surface area contributed by atoms with Crippen LogP contribution in [0, 0.1) is 5.95 Å². The summed E-state index contributed by atoms with van der Waals surface area (Å²) in [5.41, 5.74) is -1.11. The predicted octanol–water partition coefficient (Wildman–Crippen LogP) is 6.94. The molecule has 2 atom stereocenters. The highest BCUT2D eigenvalue weighted by Crippen LogP contribution is 2.38. The number of nitrogens with one attached hydrogen (secondary N) is 4. The molecule has 0 saturated carbocycles. The Labute approximate surface area is 434 Å². The van der Waals surface area contributed by atoms with Crippen molar-refractivity contribution >= 4 is 55.4 Å². The zero-order valence-electron chi connectivity index (χ0n) is 44.5. The molecule has 0 radical (unpaired) electrons. The molecule has 3 amide bonds. The van der Waals surface area contributed by atoms with Crippen molar-refractivity contribution in [2.45, 2.75) is 153 Å². The SMILES string of the molecule is CC(C)(C)OC(=O)N1CC(OCCNc2cccc(S(=O)(=O)NC(=O)c3ccc(C(C)(C)C)nc3F)n2)CC1(C)C.CC(C)(C)c1ccc2c(n1)N1CC(CC1(C)C)OCCNc1cccc(n1)S(=O)(=O)NC2=O. The molecule has 2 saturated heterocycles. The van der Waals surface area contributed by atoms with Gasteiger partial charge in [0.15, 0.2) is 10.1 Å². The van der Waals surface area contributed by atoms with Crippen LogP contribution < -0.4 is 25.0 Å². The summed E-state index contributed by atoms with van der Waals surface area (Å²) in [6.07, 6.45) is 0.753. The van der Waals surface area contributed by atoms with Crippen LogP contribution in [0.5, 0.6) is 0 Å². The third kappa shape index (κ3) is 14.4. The molecular weight excluding hydrogens is 996 g/mol. The smallest absolute Gasteiger partial charge is 0.410 e. The van der Waals surface area contributed by atoms with Crippen molar-refractivity contribution in [3.05, 3.63) is 89.1 Å². The van der Waals surface area contributed by atoms with Gasteiger partial charge in [-0.15, -0.1) is 0 Å². The lowest BCUT2D eigenvalue weighted by molar-refractivity contribution is 0.0105. The van der Waals surface area contributed by atoms with Crippen LogP contribution >= 0.6 is 0 Å². The van der Waals surface area contributed by atoms with E-state index < -0.39 is 65.0 Å². The summed E-state index contributed by atoms with van der Waals surface area (Å²) < 4.78 is 87.6. The number of pyridine rings is 4. The number of aromatic nitrogens is 4. The Balaban J connectivity index is 0.000000246. The minimum atomic E-state index is -4.40. The lowest BCUT2D eigenvalue weighted by atomic mass is 9.91. The van der Waals surface area contributed by atoms with E-state index in [4.69, 9.17) is 19.2 Å². The molecule has 4 aromatic rings. The number of hydrogen-bond acceptors (Lipinski definition) is 17. The van der Waals surface area contributed by atoms with Crippen molar-refractivity contribution in [2.24, 2.45) is 0 Å². The van der Waals surface area contributed by atoms with Crippen LogP contribution in [0.25, 0.3) is 0 Å². The van der Waals surface area contributed by atoms with E-state index in [2.05, 4.69) is 49.1 Å². The number of carbonyl (C=O) groups excluding carboxylic acids is 3. The molecule has 0 spiro atoms. The molecule has 4 bridgehead atoms. The van der Waals surface area contributed by atoms with Gasteiger partial charge in [0.05, 0.1) is 43.1 Å². The Morgan fingerprint density at radius 1 is 0.851 bits per heavy atom. The summed E-state index contributed by atoms with van der Waals surface area (Å²) in [6.45, 7) is 27.6. The number of amides is 3. The normalized spacial score (nSPS) is 19.6. The first-order valence-corrected chi connectivity index (χ1v) is 27.4. The van der Waals surface area contributed by atoms with Crippen LogP contribution in [-0.4, -0.2) is 128 Å². The molecule has 4 aromatic heterocycles. The summed E-state index contributed by atoms with van der Waals surface area (Å²) in [5, 5.41) is 5.43. The molecule has 4 N–H and O–H groups in total. The summed E-state index contributed by atoms with van der Waals surface area (Å²) in [7, 11) is -8.58. The average Bonchev–Trinajstić information content (AvgIpc) is 3.77. The molecule has 2 fully saturated rings. The van der Waals surface area contributed by atoms with E-state index >= 15 is 0 Å². The van der Waals surface area contributed by atoms with Gasteiger partial charge >= 0.3 is 6.09 Å². The molecule has 7 heterocycles.